The van der Waals surface area contributed by atoms with Crippen LogP contribution in [0.5, 0.6) is 0 Å². The second-order valence-corrected chi connectivity index (χ2v) is 10.4. The van der Waals surface area contributed by atoms with Gasteiger partial charge in [-0.15, -0.1) is 0 Å². The fourth-order valence-corrected chi connectivity index (χ4v) is 4.21. The summed E-state index contributed by atoms with van der Waals surface area (Å²) in [4.78, 5) is 40.4. The second-order valence-electron chi connectivity index (χ2n) is 10.4. The lowest BCUT2D eigenvalue weighted by Gasteiger charge is -2.43. The molecule has 0 radical (unpaired) electrons. The maximum absolute atomic E-state index is 13.1. The maximum Gasteiger partial charge on any atom is 0.253 e. The molecular formula is C23H35N3O3. The Bertz CT molecular complexity index is 763. The number of amides is 3. The normalized spacial score (nSPS) is 19.7. The quantitative estimate of drug-likeness (QED) is 0.720. The first kappa shape index (κ1) is 22.9. The average molecular weight is 402 g/mol. The Kier molecular flexibility index (Phi) is 6.45. The standard InChI is InChI=1S/C23H35N3O3/c1-21(2,3)15-22(4,5)24-18(27)17-19(28)25-23(6,7)20(29)26(17)14-13-16-11-9-8-10-12-16/h8-12,17H,13-15H2,1-7H3,(H,24,27)(H,25,28). The van der Waals surface area contributed by atoms with E-state index >= 15 is 0 Å². The van der Waals surface area contributed by atoms with Gasteiger partial charge in [0.25, 0.3) is 11.8 Å². The molecule has 160 valence electrons. The number of piperazine rings is 1. The Balaban J connectivity index is 2.23. The van der Waals surface area contributed by atoms with Crippen molar-refractivity contribution in [1.29, 1.82) is 0 Å². The molecule has 6 nitrogen and oxygen atoms in total. The van der Waals surface area contributed by atoms with Crippen molar-refractivity contribution in [3.05, 3.63) is 35.9 Å². The Labute approximate surface area is 174 Å². The van der Waals surface area contributed by atoms with Crippen LogP contribution in [0.1, 0.15) is 60.5 Å². The van der Waals surface area contributed by atoms with Crippen molar-refractivity contribution in [3.8, 4) is 0 Å². The molecule has 0 saturated carbocycles. The maximum atomic E-state index is 13.1. The monoisotopic (exact) mass is 401 g/mol. The molecule has 6 heteroatoms. The van der Waals surface area contributed by atoms with Gasteiger partial charge in [0.2, 0.25) is 5.91 Å². The van der Waals surface area contributed by atoms with Crippen molar-refractivity contribution in [2.75, 3.05) is 6.54 Å². The molecule has 2 rings (SSSR count). The Morgan fingerprint density at radius 1 is 1.10 bits per heavy atom. The second kappa shape index (κ2) is 8.17. The zero-order valence-corrected chi connectivity index (χ0v) is 18.8. The Morgan fingerprint density at radius 2 is 1.69 bits per heavy atom. The number of rotatable bonds is 6. The lowest BCUT2D eigenvalue weighted by molar-refractivity contribution is -0.158. The summed E-state index contributed by atoms with van der Waals surface area (Å²) in [6.45, 7) is 13.8. The van der Waals surface area contributed by atoms with Crippen LogP contribution in [-0.4, -0.2) is 46.3 Å². The van der Waals surface area contributed by atoms with E-state index in [0.717, 1.165) is 12.0 Å². The summed E-state index contributed by atoms with van der Waals surface area (Å²) in [7, 11) is 0. The highest BCUT2D eigenvalue weighted by molar-refractivity contribution is 6.11. The van der Waals surface area contributed by atoms with E-state index in [2.05, 4.69) is 31.4 Å². The summed E-state index contributed by atoms with van der Waals surface area (Å²) in [6, 6.07) is 8.58. The molecule has 3 amide bonds. The predicted octanol–water partition coefficient (Wildman–Crippen LogP) is 2.67. The fourth-order valence-electron chi connectivity index (χ4n) is 4.21. The minimum Gasteiger partial charge on any atom is -0.349 e. The molecule has 1 heterocycles. The Morgan fingerprint density at radius 3 is 2.24 bits per heavy atom. The highest BCUT2D eigenvalue weighted by atomic mass is 16.2. The summed E-state index contributed by atoms with van der Waals surface area (Å²) < 4.78 is 0. The molecule has 0 bridgehead atoms. The van der Waals surface area contributed by atoms with Crippen LogP contribution in [0.2, 0.25) is 0 Å². The molecule has 1 aromatic rings. The molecule has 1 unspecified atom stereocenters. The number of carbonyl (C=O) groups is 3. The SMILES string of the molecule is CC(C)(C)CC(C)(C)NC(=O)C1C(=O)NC(C)(C)C(=O)N1CCc1ccccc1. The van der Waals surface area contributed by atoms with E-state index in [4.69, 9.17) is 0 Å². The highest BCUT2D eigenvalue weighted by Crippen LogP contribution is 2.27. The van der Waals surface area contributed by atoms with Crippen LogP contribution in [0, 0.1) is 5.41 Å². The molecule has 1 aliphatic heterocycles. The lowest BCUT2D eigenvalue weighted by atomic mass is 9.81. The van der Waals surface area contributed by atoms with Crippen LogP contribution >= 0.6 is 0 Å². The molecule has 0 aromatic heterocycles. The number of carbonyl (C=O) groups excluding carboxylic acids is 3. The molecule has 1 fully saturated rings. The number of hydrogen-bond acceptors (Lipinski definition) is 3. The van der Waals surface area contributed by atoms with E-state index in [1.807, 2.05) is 44.2 Å². The largest absolute Gasteiger partial charge is 0.349 e. The lowest BCUT2D eigenvalue weighted by Crippen LogP contribution is -2.72. The van der Waals surface area contributed by atoms with Gasteiger partial charge < -0.3 is 15.5 Å². The zero-order valence-electron chi connectivity index (χ0n) is 18.8. The van der Waals surface area contributed by atoms with Crippen molar-refractivity contribution < 1.29 is 14.4 Å². The van der Waals surface area contributed by atoms with E-state index in [1.54, 1.807) is 13.8 Å². The predicted molar refractivity (Wildman–Crippen MR) is 114 cm³/mol. The van der Waals surface area contributed by atoms with Crippen LogP contribution in [0.3, 0.4) is 0 Å². The third-order valence-electron chi connectivity index (χ3n) is 4.96. The summed E-state index contributed by atoms with van der Waals surface area (Å²) in [5, 5.41) is 5.70. The van der Waals surface area contributed by atoms with Crippen molar-refractivity contribution in [3.63, 3.8) is 0 Å². The van der Waals surface area contributed by atoms with Crippen LogP contribution in [0.15, 0.2) is 30.3 Å². The molecule has 2 N–H and O–H groups in total. The Hall–Kier alpha value is -2.37. The van der Waals surface area contributed by atoms with Gasteiger partial charge in [-0.3, -0.25) is 14.4 Å². The molecule has 1 aromatic carbocycles. The number of nitrogens with one attached hydrogen (secondary N) is 2. The van der Waals surface area contributed by atoms with E-state index in [9.17, 15) is 14.4 Å². The number of nitrogens with zero attached hydrogens (tertiary/aromatic N) is 1. The first-order chi connectivity index (χ1) is 13.2. The summed E-state index contributed by atoms with van der Waals surface area (Å²) in [5.74, 6) is -1.12. The van der Waals surface area contributed by atoms with Gasteiger partial charge >= 0.3 is 0 Å². The van der Waals surface area contributed by atoms with Gasteiger partial charge in [0.15, 0.2) is 6.04 Å². The van der Waals surface area contributed by atoms with Crippen molar-refractivity contribution >= 4 is 17.7 Å². The summed E-state index contributed by atoms with van der Waals surface area (Å²) >= 11 is 0. The van der Waals surface area contributed by atoms with Gasteiger partial charge in [0.05, 0.1) is 0 Å². The van der Waals surface area contributed by atoms with Crippen LogP contribution in [0.25, 0.3) is 0 Å². The van der Waals surface area contributed by atoms with E-state index < -0.39 is 28.9 Å². The molecule has 1 atom stereocenters. The topological polar surface area (TPSA) is 78.5 Å². The minimum atomic E-state index is -1.17. The van der Waals surface area contributed by atoms with Crippen molar-refractivity contribution in [2.24, 2.45) is 5.41 Å². The van der Waals surface area contributed by atoms with Crippen molar-refractivity contribution in [1.82, 2.24) is 15.5 Å². The van der Waals surface area contributed by atoms with Crippen LogP contribution in [-0.2, 0) is 20.8 Å². The van der Waals surface area contributed by atoms with Gasteiger partial charge in [-0.2, -0.15) is 0 Å². The van der Waals surface area contributed by atoms with Gasteiger partial charge in [-0.05, 0) is 51.5 Å². The molecule has 0 aliphatic carbocycles. The smallest absolute Gasteiger partial charge is 0.253 e. The first-order valence-electron chi connectivity index (χ1n) is 10.2. The molecule has 29 heavy (non-hydrogen) atoms. The molecule has 1 saturated heterocycles. The summed E-state index contributed by atoms with van der Waals surface area (Å²) in [6.07, 6.45) is 1.31. The molecule has 0 spiro atoms. The van der Waals surface area contributed by atoms with Crippen molar-refractivity contribution in [2.45, 2.75) is 78.4 Å². The van der Waals surface area contributed by atoms with E-state index in [0.29, 0.717) is 13.0 Å². The zero-order chi connectivity index (χ0) is 22.0. The van der Waals surface area contributed by atoms with Crippen LogP contribution < -0.4 is 10.6 Å². The molecular weight excluding hydrogens is 366 g/mol. The van der Waals surface area contributed by atoms with Gasteiger partial charge in [0, 0.05) is 12.1 Å². The van der Waals surface area contributed by atoms with E-state index in [-0.39, 0.29) is 11.3 Å². The van der Waals surface area contributed by atoms with Gasteiger partial charge in [-0.25, -0.2) is 0 Å². The van der Waals surface area contributed by atoms with Gasteiger partial charge in [-0.1, -0.05) is 51.1 Å². The van der Waals surface area contributed by atoms with Crippen LogP contribution in [0.4, 0.5) is 0 Å². The number of benzene rings is 1. The fraction of sp³-hybridized carbons (Fsp3) is 0.609. The molecule has 1 aliphatic rings. The minimum absolute atomic E-state index is 0.0103. The first-order valence-corrected chi connectivity index (χ1v) is 10.2. The summed E-state index contributed by atoms with van der Waals surface area (Å²) in [5.41, 5.74) is -0.477. The third kappa shape index (κ3) is 6.05. The highest BCUT2D eigenvalue weighted by Gasteiger charge is 2.48. The third-order valence-corrected chi connectivity index (χ3v) is 4.96. The van der Waals surface area contributed by atoms with E-state index in [1.165, 1.54) is 4.90 Å². The van der Waals surface area contributed by atoms with Gasteiger partial charge in [0.1, 0.15) is 5.54 Å². The number of hydrogen-bond donors (Lipinski definition) is 2. The average Bonchev–Trinajstić information content (AvgIpc) is 2.54.